The number of nitrogens with zero attached hydrogens (tertiary/aromatic N) is 4. The molecular formula is C17H21N5O3S2. The van der Waals surface area contributed by atoms with Crippen LogP contribution in [0.4, 0.5) is 5.00 Å². The number of anilines is 1. The van der Waals surface area contributed by atoms with Crippen molar-refractivity contribution in [3.8, 4) is 0 Å². The number of tetrazole rings is 1. The molecule has 144 valence electrons. The number of rotatable bonds is 6. The smallest absolute Gasteiger partial charge is 0.341 e. The number of thioether (sulfide) groups is 1. The highest BCUT2D eigenvalue weighted by molar-refractivity contribution is 7.99. The predicted molar refractivity (Wildman–Crippen MR) is 102 cm³/mol. The van der Waals surface area contributed by atoms with Crippen LogP contribution >= 0.6 is 23.1 Å². The second-order valence-corrected chi connectivity index (χ2v) is 9.07. The van der Waals surface area contributed by atoms with Crippen LogP contribution in [0.2, 0.25) is 0 Å². The van der Waals surface area contributed by atoms with Gasteiger partial charge in [0, 0.05) is 4.88 Å². The van der Waals surface area contributed by atoms with Gasteiger partial charge in [0.05, 0.1) is 24.5 Å². The van der Waals surface area contributed by atoms with Crippen molar-refractivity contribution in [3.05, 3.63) is 16.0 Å². The van der Waals surface area contributed by atoms with Crippen LogP contribution in [0.3, 0.4) is 0 Å². The zero-order valence-corrected chi connectivity index (χ0v) is 16.9. The van der Waals surface area contributed by atoms with E-state index in [4.69, 9.17) is 4.74 Å². The molecule has 8 nitrogen and oxygen atoms in total. The maximum absolute atomic E-state index is 12.5. The average Bonchev–Trinajstić information content (AvgIpc) is 3.28. The van der Waals surface area contributed by atoms with E-state index in [1.54, 1.807) is 4.68 Å². The van der Waals surface area contributed by atoms with Crippen molar-refractivity contribution in [2.75, 3.05) is 18.2 Å². The minimum Gasteiger partial charge on any atom is -0.465 e. The molecular weight excluding hydrogens is 386 g/mol. The molecule has 2 aromatic rings. The highest BCUT2D eigenvalue weighted by atomic mass is 32.2. The minimum atomic E-state index is -0.386. The fourth-order valence-electron chi connectivity index (χ4n) is 3.28. The zero-order valence-electron chi connectivity index (χ0n) is 15.2. The number of fused-ring (bicyclic) bond motifs is 1. The lowest BCUT2D eigenvalue weighted by Crippen LogP contribution is -2.17. The lowest BCUT2D eigenvalue weighted by Gasteiger charge is -2.18. The van der Waals surface area contributed by atoms with E-state index in [9.17, 15) is 9.59 Å². The summed E-state index contributed by atoms with van der Waals surface area (Å²) in [6.45, 7) is 2.21. The Balaban J connectivity index is 1.47. The number of aromatic nitrogens is 4. The van der Waals surface area contributed by atoms with Crippen LogP contribution in [0, 0.1) is 5.92 Å². The maximum atomic E-state index is 12.5. The van der Waals surface area contributed by atoms with Crippen molar-refractivity contribution >= 4 is 40.0 Å². The fraction of sp³-hybridized carbons (Fsp3) is 0.588. The van der Waals surface area contributed by atoms with Crippen LogP contribution in [0.1, 0.15) is 53.0 Å². The third-order valence-corrected chi connectivity index (χ3v) is 6.95. The highest BCUT2D eigenvalue weighted by Gasteiger charge is 2.30. The van der Waals surface area contributed by atoms with Gasteiger partial charge in [-0.2, -0.15) is 0 Å². The van der Waals surface area contributed by atoms with E-state index in [-0.39, 0.29) is 17.6 Å². The van der Waals surface area contributed by atoms with Gasteiger partial charge in [0.25, 0.3) is 0 Å². The molecule has 1 fully saturated rings. The lowest BCUT2D eigenvalue weighted by atomic mass is 9.88. The molecule has 0 radical (unpaired) electrons. The van der Waals surface area contributed by atoms with Gasteiger partial charge in [-0.1, -0.05) is 18.7 Å². The number of carbonyl (C=O) groups excluding carboxylic acids is 2. The summed E-state index contributed by atoms with van der Waals surface area (Å²) in [5.41, 5.74) is 1.55. The summed E-state index contributed by atoms with van der Waals surface area (Å²) < 4.78 is 6.74. The van der Waals surface area contributed by atoms with Crippen molar-refractivity contribution in [3.63, 3.8) is 0 Å². The second-order valence-electron chi connectivity index (χ2n) is 7.02. The van der Waals surface area contributed by atoms with E-state index in [0.29, 0.717) is 27.7 Å². The fourth-order valence-corrected chi connectivity index (χ4v) is 5.44. The van der Waals surface area contributed by atoms with Crippen LogP contribution < -0.4 is 5.32 Å². The van der Waals surface area contributed by atoms with Crippen molar-refractivity contribution in [2.24, 2.45) is 5.92 Å². The maximum Gasteiger partial charge on any atom is 0.341 e. The first kappa shape index (κ1) is 18.4. The quantitative estimate of drug-likeness (QED) is 0.580. The number of methoxy groups -OCH3 is 1. The van der Waals surface area contributed by atoms with Gasteiger partial charge in [-0.15, -0.1) is 16.4 Å². The zero-order chi connectivity index (χ0) is 19.0. The van der Waals surface area contributed by atoms with Crippen LogP contribution in [0.25, 0.3) is 0 Å². The Bertz CT molecular complexity index is 874. The van der Waals surface area contributed by atoms with Gasteiger partial charge in [0.2, 0.25) is 11.1 Å². The average molecular weight is 408 g/mol. The molecule has 0 spiro atoms. The summed E-state index contributed by atoms with van der Waals surface area (Å²) >= 11 is 2.80. The van der Waals surface area contributed by atoms with E-state index in [1.165, 1.54) is 35.1 Å². The van der Waals surface area contributed by atoms with Gasteiger partial charge in [0.1, 0.15) is 5.00 Å². The first-order valence-electron chi connectivity index (χ1n) is 9.00. The monoisotopic (exact) mass is 407 g/mol. The summed E-state index contributed by atoms with van der Waals surface area (Å²) in [7, 11) is 1.37. The summed E-state index contributed by atoms with van der Waals surface area (Å²) in [6, 6.07) is 0.363. The van der Waals surface area contributed by atoms with Crippen molar-refractivity contribution < 1.29 is 14.3 Å². The number of thiophene rings is 1. The van der Waals surface area contributed by atoms with Crippen LogP contribution in [-0.2, 0) is 22.4 Å². The Labute approximate surface area is 165 Å². The summed E-state index contributed by atoms with van der Waals surface area (Å²) in [4.78, 5) is 26.0. The second kappa shape index (κ2) is 7.59. The number of hydrogen-bond donors (Lipinski definition) is 1. The minimum absolute atomic E-state index is 0.179. The van der Waals surface area contributed by atoms with Gasteiger partial charge >= 0.3 is 5.97 Å². The van der Waals surface area contributed by atoms with Crippen LogP contribution in [-0.4, -0.2) is 44.9 Å². The summed E-state index contributed by atoms with van der Waals surface area (Å²) in [5.74, 6) is 0.207. The van der Waals surface area contributed by atoms with Gasteiger partial charge in [-0.25, -0.2) is 9.48 Å². The Morgan fingerprint density at radius 3 is 2.93 bits per heavy atom. The number of hydrogen-bond acceptors (Lipinski definition) is 8. The number of ether oxygens (including phenoxy) is 1. The van der Waals surface area contributed by atoms with Crippen molar-refractivity contribution in [1.82, 2.24) is 20.2 Å². The number of amides is 1. The molecule has 1 amide bonds. The molecule has 4 rings (SSSR count). The van der Waals surface area contributed by atoms with Crippen LogP contribution in [0.5, 0.6) is 0 Å². The van der Waals surface area contributed by atoms with E-state index in [1.807, 2.05) is 0 Å². The van der Waals surface area contributed by atoms with Crippen molar-refractivity contribution in [2.45, 2.75) is 50.2 Å². The third kappa shape index (κ3) is 3.86. The van der Waals surface area contributed by atoms with Gasteiger partial charge in [-0.05, 0) is 54.0 Å². The molecule has 2 aromatic heterocycles. The van der Waals surface area contributed by atoms with Gasteiger partial charge in [0.15, 0.2) is 0 Å². The molecule has 0 aromatic carbocycles. The molecule has 0 aliphatic heterocycles. The molecule has 1 N–H and O–H groups in total. The number of carbonyl (C=O) groups is 2. The molecule has 0 saturated heterocycles. The molecule has 2 aliphatic carbocycles. The molecule has 2 heterocycles. The van der Waals surface area contributed by atoms with E-state index < -0.39 is 0 Å². The lowest BCUT2D eigenvalue weighted by molar-refractivity contribution is -0.113. The molecule has 27 heavy (non-hydrogen) atoms. The normalized spacial score (nSPS) is 18.8. The molecule has 10 heteroatoms. The van der Waals surface area contributed by atoms with E-state index >= 15 is 0 Å². The van der Waals surface area contributed by atoms with Crippen molar-refractivity contribution in [1.29, 1.82) is 0 Å². The highest BCUT2D eigenvalue weighted by Crippen LogP contribution is 2.40. The molecule has 1 unspecified atom stereocenters. The van der Waals surface area contributed by atoms with E-state index in [2.05, 4.69) is 27.8 Å². The molecule has 1 saturated carbocycles. The largest absolute Gasteiger partial charge is 0.465 e. The van der Waals surface area contributed by atoms with Crippen LogP contribution in [0.15, 0.2) is 5.16 Å². The molecule has 1 atom stereocenters. The Hall–Kier alpha value is -1.94. The van der Waals surface area contributed by atoms with E-state index in [0.717, 1.165) is 37.7 Å². The topological polar surface area (TPSA) is 99.0 Å². The Morgan fingerprint density at radius 1 is 1.37 bits per heavy atom. The molecule has 0 bridgehead atoms. The molecule has 2 aliphatic rings. The Kier molecular flexibility index (Phi) is 5.18. The van der Waals surface area contributed by atoms with Gasteiger partial charge in [-0.3, -0.25) is 4.79 Å². The SMILES string of the molecule is COC(=O)c1c(NC(=O)CSc2nnnn2C2CC2)sc2c1CCC(C)C2. The predicted octanol–water partition coefficient (Wildman–Crippen LogP) is 2.71. The third-order valence-electron chi connectivity index (χ3n) is 4.84. The standard InChI is InChI=1S/C17H21N5O3S2/c1-9-3-6-11-12(7-9)27-15(14(11)16(24)25-2)18-13(23)8-26-17-19-20-21-22(17)10-4-5-10/h9-10H,3-8H2,1-2H3,(H,18,23). The summed E-state index contributed by atoms with van der Waals surface area (Å²) in [6.07, 6.45) is 4.97. The first-order valence-corrected chi connectivity index (χ1v) is 10.8. The summed E-state index contributed by atoms with van der Waals surface area (Å²) in [5, 5.41) is 15.8. The first-order chi connectivity index (χ1) is 13.1. The number of nitrogens with one attached hydrogen (secondary N) is 1. The van der Waals surface area contributed by atoms with Gasteiger partial charge < -0.3 is 10.1 Å². The number of esters is 1. The Morgan fingerprint density at radius 2 is 2.19 bits per heavy atom.